The number of carbonyl (C=O) groups is 1. The second-order valence-electron chi connectivity index (χ2n) is 7.11. The highest BCUT2D eigenvalue weighted by molar-refractivity contribution is 5.76. The Hall–Kier alpha value is -2.44. The van der Waals surface area contributed by atoms with E-state index in [1.807, 2.05) is 22.9 Å². The third kappa shape index (κ3) is 3.23. The van der Waals surface area contributed by atoms with Gasteiger partial charge in [-0.2, -0.15) is 5.10 Å². The number of fused-ring (bicyclic) bond motifs is 1. The summed E-state index contributed by atoms with van der Waals surface area (Å²) in [6.45, 7) is 2.47. The molecule has 7 heteroatoms. The Morgan fingerprint density at radius 2 is 2.24 bits per heavy atom. The van der Waals surface area contributed by atoms with Gasteiger partial charge in [0, 0.05) is 63.7 Å². The maximum atomic E-state index is 12.6. The lowest BCUT2D eigenvalue weighted by Gasteiger charge is -2.30. The molecule has 3 atom stereocenters. The van der Waals surface area contributed by atoms with Gasteiger partial charge in [0.1, 0.15) is 0 Å². The van der Waals surface area contributed by atoms with Gasteiger partial charge in [0.15, 0.2) is 5.82 Å². The number of aryl methyl sites for hydroxylation is 1. The predicted octanol–water partition coefficient (Wildman–Crippen LogP) is 1.44. The molecule has 2 fully saturated rings. The van der Waals surface area contributed by atoms with Gasteiger partial charge >= 0.3 is 0 Å². The van der Waals surface area contributed by atoms with Gasteiger partial charge in [0.25, 0.3) is 0 Å². The number of rotatable bonds is 5. The Bertz CT molecular complexity index is 704. The molecule has 0 radical (unpaired) electrons. The summed E-state index contributed by atoms with van der Waals surface area (Å²) < 4.78 is 1.96. The van der Waals surface area contributed by atoms with Crippen LogP contribution in [0.5, 0.6) is 0 Å². The molecule has 1 saturated carbocycles. The van der Waals surface area contributed by atoms with Gasteiger partial charge in [0.05, 0.1) is 6.33 Å². The van der Waals surface area contributed by atoms with E-state index in [9.17, 15) is 4.79 Å². The van der Waals surface area contributed by atoms with E-state index in [0.29, 0.717) is 30.8 Å². The standard InChI is InChI=1S/C18H24N6O/c1-22(17-3-2-7-20-21-17)16-5-4-14-11-24(12-15(14)16)18(25)6-9-23-10-8-19-13-23/h2-3,7-8,10,13-16H,4-6,9,11-12H2,1H3/t14-,15+,16-/m1/s1. The zero-order valence-electron chi connectivity index (χ0n) is 14.5. The fraction of sp³-hybridized carbons (Fsp3) is 0.556. The number of aromatic nitrogens is 4. The minimum Gasteiger partial charge on any atom is -0.355 e. The van der Waals surface area contributed by atoms with Crippen LogP contribution in [0.4, 0.5) is 5.82 Å². The van der Waals surface area contributed by atoms with Crippen molar-refractivity contribution in [2.75, 3.05) is 25.0 Å². The quantitative estimate of drug-likeness (QED) is 0.824. The molecule has 0 bridgehead atoms. The summed E-state index contributed by atoms with van der Waals surface area (Å²) in [4.78, 5) is 20.9. The molecule has 1 aliphatic carbocycles. The van der Waals surface area contributed by atoms with E-state index in [0.717, 1.165) is 18.9 Å². The lowest BCUT2D eigenvalue weighted by Crippen LogP contribution is -2.39. The first-order chi connectivity index (χ1) is 12.2. The molecule has 2 aliphatic rings. The SMILES string of the molecule is CN(c1cccnn1)[C@@H]1CC[C@@H]2CN(C(=O)CCn3ccnc3)C[C@@H]21. The normalized spacial score (nSPS) is 25.2. The van der Waals surface area contributed by atoms with Crippen LogP contribution in [0.3, 0.4) is 0 Å². The third-order valence-electron chi connectivity index (χ3n) is 5.73. The van der Waals surface area contributed by atoms with Crippen LogP contribution in [-0.2, 0) is 11.3 Å². The fourth-order valence-electron chi connectivity index (χ4n) is 4.37. The van der Waals surface area contributed by atoms with E-state index in [-0.39, 0.29) is 5.91 Å². The Balaban J connectivity index is 1.37. The molecule has 0 unspecified atom stereocenters. The molecule has 132 valence electrons. The second kappa shape index (κ2) is 6.82. The van der Waals surface area contributed by atoms with Crippen LogP contribution in [0.1, 0.15) is 19.3 Å². The van der Waals surface area contributed by atoms with Crippen LogP contribution < -0.4 is 4.90 Å². The first-order valence-electron chi connectivity index (χ1n) is 8.96. The van der Waals surface area contributed by atoms with Crippen LogP contribution in [0.25, 0.3) is 0 Å². The summed E-state index contributed by atoms with van der Waals surface area (Å²) in [6.07, 6.45) is 10.0. The molecule has 2 aromatic rings. The molecule has 25 heavy (non-hydrogen) atoms. The monoisotopic (exact) mass is 340 g/mol. The average Bonchev–Trinajstić information content (AvgIpc) is 3.36. The Morgan fingerprint density at radius 3 is 3.00 bits per heavy atom. The number of nitrogens with zero attached hydrogens (tertiary/aromatic N) is 6. The lowest BCUT2D eigenvalue weighted by atomic mass is 9.97. The molecule has 1 amide bonds. The Kier molecular flexibility index (Phi) is 4.38. The number of carbonyl (C=O) groups excluding carboxylic acids is 1. The fourth-order valence-corrected chi connectivity index (χ4v) is 4.37. The first-order valence-corrected chi connectivity index (χ1v) is 8.96. The van der Waals surface area contributed by atoms with Crippen LogP contribution >= 0.6 is 0 Å². The topological polar surface area (TPSA) is 67.2 Å². The summed E-state index contributed by atoms with van der Waals surface area (Å²) in [6, 6.07) is 4.36. The summed E-state index contributed by atoms with van der Waals surface area (Å²) >= 11 is 0. The second-order valence-corrected chi connectivity index (χ2v) is 7.11. The number of hydrogen-bond donors (Lipinski definition) is 0. The molecule has 0 spiro atoms. The third-order valence-corrected chi connectivity index (χ3v) is 5.73. The minimum atomic E-state index is 0.254. The van der Waals surface area contributed by atoms with E-state index in [1.54, 1.807) is 18.7 Å². The minimum absolute atomic E-state index is 0.254. The van der Waals surface area contributed by atoms with Crippen molar-refractivity contribution in [2.24, 2.45) is 11.8 Å². The summed E-state index contributed by atoms with van der Waals surface area (Å²) in [5.41, 5.74) is 0. The Labute approximate surface area is 147 Å². The molecule has 0 N–H and O–H groups in total. The van der Waals surface area contributed by atoms with Crippen LogP contribution in [-0.4, -0.2) is 56.7 Å². The number of hydrogen-bond acceptors (Lipinski definition) is 5. The van der Waals surface area contributed by atoms with Crippen molar-refractivity contribution >= 4 is 11.7 Å². The van der Waals surface area contributed by atoms with Crippen molar-refractivity contribution in [1.82, 2.24) is 24.6 Å². The molecule has 7 nitrogen and oxygen atoms in total. The van der Waals surface area contributed by atoms with Gasteiger partial charge in [-0.1, -0.05) is 0 Å². The molecule has 2 aromatic heterocycles. The van der Waals surface area contributed by atoms with Gasteiger partial charge in [-0.05, 0) is 30.9 Å². The molecular weight excluding hydrogens is 316 g/mol. The van der Waals surface area contributed by atoms with E-state index in [4.69, 9.17) is 0 Å². The number of likely N-dealkylation sites (tertiary alicyclic amines) is 1. The maximum absolute atomic E-state index is 12.6. The first kappa shape index (κ1) is 16.1. The lowest BCUT2D eigenvalue weighted by molar-refractivity contribution is -0.130. The number of imidazole rings is 1. The smallest absolute Gasteiger partial charge is 0.224 e. The van der Waals surface area contributed by atoms with Crippen molar-refractivity contribution in [3.63, 3.8) is 0 Å². The highest BCUT2D eigenvalue weighted by Gasteiger charge is 2.45. The molecular formula is C18H24N6O. The Morgan fingerprint density at radius 1 is 1.32 bits per heavy atom. The highest BCUT2D eigenvalue weighted by atomic mass is 16.2. The number of amides is 1. The zero-order chi connectivity index (χ0) is 17.2. The highest BCUT2D eigenvalue weighted by Crippen LogP contribution is 2.41. The average molecular weight is 340 g/mol. The van der Waals surface area contributed by atoms with Crippen molar-refractivity contribution in [3.8, 4) is 0 Å². The predicted molar refractivity (Wildman–Crippen MR) is 93.9 cm³/mol. The van der Waals surface area contributed by atoms with Crippen molar-refractivity contribution in [3.05, 3.63) is 37.1 Å². The van der Waals surface area contributed by atoms with Crippen molar-refractivity contribution in [2.45, 2.75) is 31.8 Å². The van der Waals surface area contributed by atoms with Gasteiger partial charge in [0.2, 0.25) is 5.91 Å². The van der Waals surface area contributed by atoms with Crippen molar-refractivity contribution < 1.29 is 4.79 Å². The molecule has 1 aliphatic heterocycles. The van der Waals surface area contributed by atoms with E-state index in [2.05, 4.69) is 32.0 Å². The van der Waals surface area contributed by atoms with Crippen LogP contribution in [0.2, 0.25) is 0 Å². The molecule has 1 saturated heterocycles. The molecule has 0 aromatic carbocycles. The maximum Gasteiger partial charge on any atom is 0.224 e. The van der Waals surface area contributed by atoms with Gasteiger partial charge in [-0.3, -0.25) is 4.79 Å². The molecule has 4 rings (SSSR count). The number of anilines is 1. The van der Waals surface area contributed by atoms with Crippen molar-refractivity contribution in [1.29, 1.82) is 0 Å². The van der Waals surface area contributed by atoms with Crippen LogP contribution in [0, 0.1) is 11.8 Å². The van der Waals surface area contributed by atoms with Gasteiger partial charge < -0.3 is 14.4 Å². The van der Waals surface area contributed by atoms with E-state index < -0.39 is 0 Å². The van der Waals surface area contributed by atoms with E-state index >= 15 is 0 Å². The summed E-state index contributed by atoms with van der Waals surface area (Å²) in [7, 11) is 2.10. The van der Waals surface area contributed by atoms with Gasteiger partial charge in [-0.25, -0.2) is 4.98 Å². The van der Waals surface area contributed by atoms with E-state index in [1.165, 1.54) is 12.8 Å². The summed E-state index contributed by atoms with van der Waals surface area (Å²) in [5.74, 6) is 2.31. The zero-order valence-corrected chi connectivity index (χ0v) is 14.5. The van der Waals surface area contributed by atoms with Gasteiger partial charge in [-0.15, -0.1) is 5.10 Å². The summed E-state index contributed by atoms with van der Waals surface area (Å²) in [5, 5.41) is 8.23. The van der Waals surface area contributed by atoms with Crippen LogP contribution in [0.15, 0.2) is 37.1 Å². The largest absolute Gasteiger partial charge is 0.355 e. The molecule has 3 heterocycles.